The van der Waals surface area contributed by atoms with Crippen LogP contribution in [-0.4, -0.2) is 31.6 Å². The highest BCUT2D eigenvalue weighted by molar-refractivity contribution is 5.62. The van der Waals surface area contributed by atoms with Crippen LogP contribution in [0.2, 0.25) is 0 Å². The van der Waals surface area contributed by atoms with E-state index in [-0.39, 0.29) is 12.0 Å². The molecule has 1 aliphatic heterocycles. The Bertz CT molecular complexity index is 951. The molecule has 0 radical (unpaired) electrons. The second kappa shape index (κ2) is 7.06. The van der Waals surface area contributed by atoms with Gasteiger partial charge in [-0.25, -0.2) is 9.97 Å². The molecule has 0 aliphatic carbocycles. The van der Waals surface area contributed by atoms with Crippen LogP contribution in [0.4, 0.5) is 5.95 Å². The fourth-order valence-electron chi connectivity index (χ4n) is 3.47. The van der Waals surface area contributed by atoms with Gasteiger partial charge >= 0.3 is 0 Å². The van der Waals surface area contributed by atoms with Crippen LogP contribution in [0.3, 0.4) is 0 Å². The summed E-state index contributed by atoms with van der Waals surface area (Å²) in [7, 11) is 0. The molecule has 1 saturated heterocycles. The van der Waals surface area contributed by atoms with Crippen LogP contribution in [0, 0.1) is 13.8 Å². The van der Waals surface area contributed by atoms with Gasteiger partial charge in [0.05, 0.1) is 5.69 Å². The summed E-state index contributed by atoms with van der Waals surface area (Å²) in [6, 6.07) is 6.03. The summed E-state index contributed by atoms with van der Waals surface area (Å²) in [4.78, 5) is 20.6. The Morgan fingerprint density at radius 1 is 1.11 bits per heavy atom. The third-order valence-electron chi connectivity index (χ3n) is 4.91. The molecule has 3 aromatic rings. The predicted molar refractivity (Wildman–Crippen MR) is 102 cm³/mol. The molecule has 4 rings (SSSR count). The molecule has 0 spiro atoms. The Kier molecular flexibility index (Phi) is 4.59. The van der Waals surface area contributed by atoms with Gasteiger partial charge in [0, 0.05) is 35.6 Å². The molecule has 4 heterocycles. The monoisotopic (exact) mass is 364 g/mol. The van der Waals surface area contributed by atoms with Crippen LogP contribution >= 0.6 is 0 Å². The van der Waals surface area contributed by atoms with E-state index >= 15 is 0 Å². The maximum Gasteiger partial charge on any atom is 0.249 e. The van der Waals surface area contributed by atoms with E-state index in [1.807, 2.05) is 26.0 Å². The van der Waals surface area contributed by atoms with Crippen molar-refractivity contribution in [2.75, 3.05) is 11.4 Å². The second-order valence-electron chi connectivity index (χ2n) is 7.32. The molecule has 1 fully saturated rings. The average molecular weight is 364 g/mol. The fraction of sp³-hybridized carbons (Fsp3) is 0.450. The third-order valence-corrected chi connectivity index (χ3v) is 4.91. The van der Waals surface area contributed by atoms with Crippen LogP contribution in [0.15, 0.2) is 28.9 Å². The van der Waals surface area contributed by atoms with Crippen molar-refractivity contribution in [2.45, 2.75) is 52.5 Å². The maximum atomic E-state index is 5.54. The first-order valence-corrected chi connectivity index (χ1v) is 9.40. The lowest BCUT2D eigenvalue weighted by molar-refractivity contribution is 0.349. The molecular weight excluding hydrogens is 340 g/mol. The third kappa shape index (κ3) is 3.41. The molecule has 7 heteroatoms. The highest BCUT2D eigenvalue weighted by Gasteiger charge is 2.33. The average Bonchev–Trinajstić information content (AvgIpc) is 3.31. The van der Waals surface area contributed by atoms with Gasteiger partial charge in [-0.15, -0.1) is 0 Å². The van der Waals surface area contributed by atoms with E-state index in [2.05, 4.69) is 44.9 Å². The largest absolute Gasteiger partial charge is 0.337 e. The smallest absolute Gasteiger partial charge is 0.249 e. The summed E-state index contributed by atoms with van der Waals surface area (Å²) in [6.07, 6.45) is 3.81. The molecule has 0 saturated carbocycles. The maximum absolute atomic E-state index is 5.54. The first kappa shape index (κ1) is 17.6. The summed E-state index contributed by atoms with van der Waals surface area (Å²) in [5.74, 6) is 2.33. The first-order chi connectivity index (χ1) is 13.0. The van der Waals surface area contributed by atoms with Gasteiger partial charge in [-0.2, -0.15) is 4.98 Å². The zero-order chi connectivity index (χ0) is 19.0. The second-order valence-corrected chi connectivity index (χ2v) is 7.32. The molecule has 0 N–H and O–H groups in total. The van der Waals surface area contributed by atoms with Gasteiger partial charge in [0.1, 0.15) is 6.04 Å². The Morgan fingerprint density at radius 3 is 2.70 bits per heavy atom. The molecule has 0 aromatic carbocycles. The lowest BCUT2D eigenvalue weighted by Gasteiger charge is -2.22. The summed E-state index contributed by atoms with van der Waals surface area (Å²) < 4.78 is 5.54. The van der Waals surface area contributed by atoms with E-state index < -0.39 is 0 Å². The zero-order valence-corrected chi connectivity index (χ0v) is 16.2. The van der Waals surface area contributed by atoms with E-state index in [0.29, 0.717) is 11.8 Å². The lowest BCUT2D eigenvalue weighted by atomic mass is 10.1. The first-order valence-electron chi connectivity index (χ1n) is 9.40. The van der Waals surface area contributed by atoms with Crippen molar-refractivity contribution in [1.82, 2.24) is 25.1 Å². The lowest BCUT2D eigenvalue weighted by Crippen LogP contribution is -2.25. The van der Waals surface area contributed by atoms with Gasteiger partial charge in [-0.05, 0) is 44.9 Å². The van der Waals surface area contributed by atoms with Gasteiger partial charge in [-0.1, -0.05) is 19.0 Å². The molecule has 27 heavy (non-hydrogen) atoms. The van der Waals surface area contributed by atoms with Crippen LogP contribution in [0.5, 0.6) is 0 Å². The Hall–Kier alpha value is -2.83. The number of aryl methyl sites for hydroxylation is 2. The molecular formula is C20H24N6O. The Balaban J connectivity index is 1.66. The zero-order valence-electron chi connectivity index (χ0n) is 16.2. The standard InChI is InChI=1S/C20H24N6O/c1-12(2)18-24-19(27-25-18)17-6-5-11-26(17)20-21-10-9-16(23-20)15-8-7-13(3)22-14(15)4/h7-10,12,17H,5-6,11H2,1-4H3/t17-/m0/s1. The Morgan fingerprint density at radius 2 is 1.96 bits per heavy atom. The van der Waals surface area contributed by atoms with Crippen molar-refractivity contribution in [2.24, 2.45) is 0 Å². The van der Waals surface area contributed by atoms with Gasteiger partial charge in [0.2, 0.25) is 11.8 Å². The SMILES string of the molecule is Cc1ccc(-c2ccnc(N3CCC[C@H]3c3nc(C(C)C)no3)n2)c(C)n1. The molecule has 0 amide bonds. The van der Waals surface area contributed by atoms with Crippen molar-refractivity contribution in [3.05, 3.63) is 47.5 Å². The summed E-state index contributed by atoms with van der Waals surface area (Å²) in [5.41, 5.74) is 3.88. The number of nitrogens with zero attached hydrogens (tertiary/aromatic N) is 6. The molecule has 3 aromatic heterocycles. The number of aromatic nitrogens is 5. The molecule has 1 aliphatic rings. The van der Waals surface area contributed by atoms with Crippen LogP contribution in [-0.2, 0) is 0 Å². The van der Waals surface area contributed by atoms with E-state index in [4.69, 9.17) is 9.51 Å². The van der Waals surface area contributed by atoms with E-state index in [9.17, 15) is 0 Å². The normalized spacial score (nSPS) is 17.1. The molecule has 140 valence electrons. The van der Waals surface area contributed by atoms with Gasteiger partial charge in [0.25, 0.3) is 0 Å². The van der Waals surface area contributed by atoms with E-state index in [0.717, 1.165) is 47.9 Å². The van der Waals surface area contributed by atoms with Gasteiger partial charge in [0.15, 0.2) is 5.82 Å². The van der Waals surface area contributed by atoms with E-state index in [1.54, 1.807) is 6.20 Å². The quantitative estimate of drug-likeness (QED) is 0.692. The molecule has 7 nitrogen and oxygen atoms in total. The Labute approximate surface area is 158 Å². The van der Waals surface area contributed by atoms with Gasteiger partial charge < -0.3 is 9.42 Å². The molecule has 0 bridgehead atoms. The number of anilines is 1. The molecule has 1 atom stereocenters. The van der Waals surface area contributed by atoms with Crippen molar-refractivity contribution in [3.8, 4) is 11.3 Å². The minimum Gasteiger partial charge on any atom is -0.337 e. The van der Waals surface area contributed by atoms with Crippen LogP contribution in [0.25, 0.3) is 11.3 Å². The van der Waals surface area contributed by atoms with Crippen molar-refractivity contribution < 1.29 is 4.52 Å². The number of hydrogen-bond donors (Lipinski definition) is 0. The molecule has 0 unspecified atom stereocenters. The summed E-state index contributed by atoms with van der Waals surface area (Å²) in [5, 5.41) is 4.11. The number of rotatable bonds is 4. The van der Waals surface area contributed by atoms with Gasteiger partial charge in [-0.3, -0.25) is 4.98 Å². The number of hydrogen-bond acceptors (Lipinski definition) is 7. The topological polar surface area (TPSA) is 80.8 Å². The van der Waals surface area contributed by atoms with Crippen LogP contribution in [0.1, 0.15) is 61.8 Å². The number of pyridine rings is 1. The predicted octanol–water partition coefficient (Wildman–Crippen LogP) is 4.00. The van der Waals surface area contributed by atoms with Crippen LogP contribution < -0.4 is 4.90 Å². The summed E-state index contributed by atoms with van der Waals surface area (Å²) in [6.45, 7) is 9.00. The van der Waals surface area contributed by atoms with Crippen molar-refractivity contribution in [3.63, 3.8) is 0 Å². The minimum absolute atomic E-state index is 0.0255. The minimum atomic E-state index is 0.0255. The fourth-order valence-corrected chi connectivity index (χ4v) is 3.47. The van der Waals surface area contributed by atoms with E-state index in [1.165, 1.54) is 0 Å². The highest BCUT2D eigenvalue weighted by Crippen LogP contribution is 2.34. The summed E-state index contributed by atoms with van der Waals surface area (Å²) >= 11 is 0. The van der Waals surface area contributed by atoms with Crippen molar-refractivity contribution in [1.29, 1.82) is 0 Å². The van der Waals surface area contributed by atoms with Crippen molar-refractivity contribution >= 4 is 5.95 Å². The highest BCUT2D eigenvalue weighted by atomic mass is 16.5.